The van der Waals surface area contributed by atoms with Gasteiger partial charge in [-0.2, -0.15) is 0 Å². The quantitative estimate of drug-likeness (QED) is 0.766. The summed E-state index contributed by atoms with van der Waals surface area (Å²) < 4.78 is 5.17. The van der Waals surface area contributed by atoms with E-state index in [1.54, 1.807) is 7.11 Å². The first-order valence-corrected chi connectivity index (χ1v) is 5.86. The molecule has 0 aliphatic heterocycles. The van der Waals surface area contributed by atoms with Gasteiger partial charge in [0.15, 0.2) is 0 Å². The van der Waals surface area contributed by atoms with Crippen LogP contribution in [0.4, 0.5) is 5.69 Å². The molecule has 4 N–H and O–H groups in total. The molecule has 0 saturated heterocycles. The van der Waals surface area contributed by atoms with E-state index in [2.05, 4.69) is 6.07 Å². The summed E-state index contributed by atoms with van der Waals surface area (Å²) in [5, 5.41) is 0. The Hall–Kier alpha value is -1.22. The van der Waals surface area contributed by atoms with Crippen LogP contribution in [0, 0.1) is 0 Å². The standard InChI is InChI=1S/C13H20N2O/c1-16-12-5-4-10(8-11(12)15)13(9-14)6-2-3-7-13/h4-5,8H,2-3,6-7,9,14-15H2,1H3. The molecule has 1 saturated carbocycles. The number of nitrogen functional groups attached to an aromatic ring is 1. The second kappa shape index (κ2) is 4.34. The van der Waals surface area contributed by atoms with Crippen molar-refractivity contribution in [1.82, 2.24) is 0 Å². The molecule has 0 heterocycles. The number of hydrogen-bond acceptors (Lipinski definition) is 3. The van der Waals surface area contributed by atoms with Crippen LogP contribution in [0.15, 0.2) is 18.2 Å². The zero-order chi connectivity index (χ0) is 11.6. The van der Waals surface area contributed by atoms with Gasteiger partial charge in [-0.3, -0.25) is 0 Å². The van der Waals surface area contributed by atoms with Crippen molar-refractivity contribution in [3.63, 3.8) is 0 Å². The van der Waals surface area contributed by atoms with E-state index in [-0.39, 0.29) is 5.41 Å². The van der Waals surface area contributed by atoms with Crippen molar-refractivity contribution in [3.8, 4) is 5.75 Å². The monoisotopic (exact) mass is 220 g/mol. The number of hydrogen-bond donors (Lipinski definition) is 2. The maximum absolute atomic E-state index is 5.95. The van der Waals surface area contributed by atoms with E-state index in [4.69, 9.17) is 16.2 Å². The third kappa shape index (κ3) is 1.76. The van der Waals surface area contributed by atoms with E-state index in [1.807, 2.05) is 12.1 Å². The highest BCUT2D eigenvalue weighted by Gasteiger charge is 2.34. The summed E-state index contributed by atoms with van der Waals surface area (Å²) in [6, 6.07) is 6.07. The number of methoxy groups -OCH3 is 1. The van der Waals surface area contributed by atoms with Gasteiger partial charge in [-0.1, -0.05) is 18.9 Å². The molecule has 2 rings (SSSR count). The van der Waals surface area contributed by atoms with Gasteiger partial charge < -0.3 is 16.2 Å². The molecule has 3 heteroatoms. The van der Waals surface area contributed by atoms with Crippen molar-refractivity contribution in [3.05, 3.63) is 23.8 Å². The van der Waals surface area contributed by atoms with Gasteiger partial charge in [0, 0.05) is 12.0 Å². The molecule has 0 atom stereocenters. The Labute approximate surface area is 96.8 Å². The zero-order valence-electron chi connectivity index (χ0n) is 9.83. The molecule has 1 aliphatic carbocycles. The Morgan fingerprint density at radius 2 is 2.00 bits per heavy atom. The second-order valence-corrected chi connectivity index (χ2v) is 4.65. The predicted molar refractivity (Wildman–Crippen MR) is 66.6 cm³/mol. The van der Waals surface area contributed by atoms with Gasteiger partial charge in [-0.15, -0.1) is 0 Å². The molecule has 88 valence electrons. The summed E-state index contributed by atoms with van der Waals surface area (Å²) >= 11 is 0. The second-order valence-electron chi connectivity index (χ2n) is 4.65. The van der Waals surface area contributed by atoms with E-state index in [9.17, 15) is 0 Å². The van der Waals surface area contributed by atoms with Crippen molar-refractivity contribution in [1.29, 1.82) is 0 Å². The fraction of sp³-hybridized carbons (Fsp3) is 0.538. The maximum atomic E-state index is 5.95. The minimum atomic E-state index is 0.153. The molecule has 3 nitrogen and oxygen atoms in total. The van der Waals surface area contributed by atoms with Gasteiger partial charge in [0.25, 0.3) is 0 Å². The van der Waals surface area contributed by atoms with Crippen molar-refractivity contribution in [2.75, 3.05) is 19.4 Å². The Morgan fingerprint density at radius 1 is 1.31 bits per heavy atom. The van der Waals surface area contributed by atoms with Crippen molar-refractivity contribution < 1.29 is 4.74 Å². The van der Waals surface area contributed by atoms with Crippen LogP contribution >= 0.6 is 0 Å². The van der Waals surface area contributed by atoms with E-state index < -0.39 is 0 Å². The lowest BCUT2D eigenvalue weighted by molar-refractivity contribution is 0.414. The molecule has 0 bridgehead atoms. The summed E-state index contributed by atoms with van der Waals surface area (Å²) in [4.78, 5) is 0. The highest BCUT2D eigenvalue weighted by Crippen LogP contribution is 2.41. The van der Waals surface area contributed by atoms with Gasteiger partial charge in [-0.05, 0) is 30.5 Å². The predicted octanol–water partition coefficient (Wildman–Crippen LogP) is 2.05. The lowest BCUT2D eigenvalue weighted by atomic mass is 9.79. The molecule has 1 aliphatic rings. The van der Waals surface area contributed by atoms with Gasteiger partial charge in [-0.25, -0.2) is 0 Å². The molecule has 1 aromatic carbocycles. The Kier molecular flexibility index (Phi) is 3.06. The van der Waals surface area contributed by atoms with Crippen LogP contribution in [-0.4, -0.2) is 13.7 Å². The number of benzene rings is 1. The van der Waals surface area contributed by atoms with Gasteiger partial charge in [0.1, 0.15) is 5.75 Å². The van der Waals surface area contributed by atoms with E-state index in [0.717, 1.165) is 5.75 Å². The topological polar surface area (TPSA) is 61.3 Å². The molecular formula is C13H20N2O. The van der Waals surface area contributed by atoms with Gasteiger partial charge in [0.05, 0.1) is 12.8 Å². The highest BCUT2D eigenvalue weighted by atomic mass is 16.5. The zero-order valence-corrected chi connectivity index (χ0v) is 9.83. The Bertz CT molecular complexity index is 370. The highest BCUT2D eigenvalue weighted by molar-refractivity contribution is 5.55. The lowest BCUT2D eigenvalue weighted by Gasteiger charge is -2.28. The molecule has 0 amide bonds. The largest absolute Gasteiger partial charge is 0.495 e. The van der Waals surface area contributed by atoms with E-state index in [0.29, 0.717) is 12.2 Å². The average molecular weight is 220 g/mol. The third-order valence-electron chi connectivity index (χ3n) is 3.79. The Morgan fingerprint density at radius 3 is 2.50 bits per heavy atom. The third-order valence-corrected chi connectivity index (χ3v) is 3.79. The summed E-state index contributed by atoms with van der Waals surface area (Å²) in [6.07, 6.45) is 4.89. The fourth-order valence-electron chi connectivity index (χ4n) is 2.73. The minimum absolute atomic E-state index is 0.153. The Balaban J connectivity index is 2.36. The molecule has 0 radical (unpaired) electrons. The first-order chi connectivity index (χ1) is 7.72. The van der Waals surface area contributed by atoms with Crippen LogP contribution in [0.1, 0.15) is 31.2 Å². The molecule has 1 aromatic rings. The van der Waals surface area contributed by atoms with E-state index >= 15 is 0 Å². The lowest BCUT2D eigenvalue weighted by Crippen LogP contribution is -2.32. The van der Waals surface area contributed by atoms with E-state index in [1.165, 1.54) is 31.2 Å². The molecule has 1 fully saturated rings. The first kappa shape index (κ1) is 11.3. The minimum Gasteiger partial charge on any atom is -0.495 e. The summed E-state index contributed by atoms with van der Waals surface area (Å²) in [7, 11) is 1.64. The maximum Gasteiger partial charge on any atom is 0.141 e. The molecule has 16 heavy (non-hydrogen) atoms. The van der Waals surface area contributed by atoms with Crippen LogP contribution in [0.2, 0.25) is 0 Å². The normalized spacial score (nSPS) is 18.6. The fourth-order valence-corrected chi connectivity index (χ4v) is 2.73. The van der Waals surface area contributed by atoms with Crippen molar-refractivity contribution >= 4 is 5.69 Å². The summed E-state index contributed by atoms with van der Waals surface area (Å²) in [5.41, 5.74) is 14.0. The number of ether oxygens (including phenoxy) is 1. The van der Waals surface area contributed by atoms with Gasteiger partial charge in [0.2, 0.25) is 0 Å². The summed E-state index contributed by atoms with van der Waals surface area (Å²) in [5.74, 6) is 0.744. The smallest absolute Gasteiger partial charge is 0.141 e. The first-order valence-electron chi connectivity index (χ1n) is 5.86. The molecule has 0 unspecified atom stereocenters. The van der Waals surface area contributed by atoms with Crippen molar-refractivity contribution in [2.45, 2.75) is 31.1 Å². The van der Waals surface area contributed by atoms with Crippen LogP contribution < -0.4 is 16.2 Å². The SMILES string of the molecule is COc1ccc(C2(CN)CCCC2)cc1N. The van der Waals surface area contributed by atoms with Crippen molar-refractivity contribution in [2.24, 2.45) is 5.73 Å². The van der Waals surface area contributed by atoms with Gasteiger partial charge >= 0.3 is 0 Å². The van der Waals surface area contributed by atoms with Crippen LogP contribution in [0.3, 0.4) is 0 Å². The molecule has 0 aromatic heterocycles. The molecular weight excluding hydrogens is 200 g/mol. The van der Waals surface area contributed by atoms with Crippen LogP contribution in [0.5, 0.6) is 5.75 Å². The number of nitrogens with two attached hydrogens (primary N) is 2. The number of anilines is 1. The average Bonchev–Trinajstić information content (AvgIpc) is 2.78. The van der Waals surface area contributed by atoms with Crippen LogP contribution in [-0.2, 0) is 5.41 Å². The number of rotatable bonds is 3. The summed E-state index contributed by atoms with van der Waals surface area (Å²) in [6.45, 7) is 0.707. The van der Waals surface area contributed by atoms with Crippen LogP contribution in [0.25, 0.3) is 0 Å². The molecule has 0 spiro atoms.